The molecule has 1 aliphatic carbocycles. The van der Waals surface area contributed by atoms with Crippen LogP contribution in [0.25, 0.3) is 88.3 Å². The molecule has 0 aliphatic heterocycles. The van der Waals surface area contributed by atoms with Crippen molar-refractivity contribution in [3.8, 4) is 66.8 Å². The van der Waals surface area contributed by atoms with Crippen LogP contribution in [0.3, 0.4) is 0 Å². The average molecular weight is 904 g/mol. The number of rotatable bonds is 9. The number of nitrogens with zero attached hydrogens (tertiary/aromatic N) is 1. The summed E-state index contributed by atoms with van der Waals surface area (Å²) in [5, 5.41) is 5.00. The van der Waals surface area contributed by atoms with Gasteiger partial charge in [0, 0.05) is 16.8 Å². The molecule has 1 atom stereocenters. The van der Waals surface area contributed by atoms with Gasteiger partial charge in [0.15, 0.2) is 0 Å². The van der Waals surface area contributed by atoms with E-state index in [9.17, 15) is 0 Å². The molecule has 0 N–H and O–H groups in total. The van der Waals surface area contributed by atoms with E-state index in [-0.39, 0.29) is 0 Å². The van der Waals surface area contributed by atoms with Crippen LogP contribution in [0, 0.1) is 0 Å². The van der Waals surface area contributed by atoms with Crippen molar-refractivity contribution in [2.45, 2.75) is 12.3 Å². The van der Waals surface area contributed by atoms with Crippen LogP contribution in [0.1, 0.15) is 23.6 Å². The maximum atomic E-state index is 2.50. The number of benzene rings is 12. The molecule has 1 unspecified atom stereocenters. The zero-order chi connectivity index (χ0) is 47.3. The Kier molecular flexibility index (Phi) is 10.4. The first kappa shape index (κ1) is 42.1. The summed E-state index contributed by atoms with van der Waals surface area (Å²) in [6, 6.07) is 103. The fraction of sp³-hybridized carbons (Fsp3) is 0.0286. The molecule has 1 heteroatoms. The molecule has 1 aliphatic rings. The number of hydrogen-bond acceptors (Lipinski definition) is 1. The molecule has 0 bridgehead atoms. The van der Waals surface area contributed by atoms with Crippen molar-refractivity contribution in [1.29, 1.82) is 0 Å². The van der Waals surface area contributed by atoms with Gasteiger partial charge in [-0.2, -0.15) is 0 Å². The third-order valence-electron chi connectivity index (χ3n) is 14.9. The lowest BCUT2D eigenvalue weighted by Gasteiger charge is -2.35. The summed E-state index contributed by atoms with van der Waals surface area (Å²) in [5.74, 6) is 0. The maximum Gasteiger partial charge on any atom is 0.0512 e. The summed E-state index contributed by atoms with van der Waals surface area (Å²) in [6.07, 6.45) is 0. The predicted molar refractivity (Wildman–Crippen MR) is 301 cm³/mol. The van der Waals surface area contributed by atoms with Gasteiger partial charge < -0.3 is 4.90 Å². The van der Waals surface area contributed by atoms with Gasteiger partial charge in [0.25, 0.3) is 0 Å². The van der Waals surface area contributed by atoms with Crippen molar-refractivity contribution in [3.05, 3.63) is 296 Å². The highest BCUT2D eigenvalue weighted by molar-refractivity contribution is 6.22. The van der Waals surface area contributed by atoms with Crippen molar-refractivity contribution in [2.24, 2.45) is 0 Å². The quantitative estimate of drug-likeness (QED) is 0.130. The Morgan fingerprint density at radius 3 is 1.44 bits per heavy atom. The van der Waals surface area contributed by atoms with Crippen molar-refractivity contribution in [3.63, 3.8) is 0 Å². The normalized spacial score (nSPS) is 13.8. The van der Waals surface area contributed by atoms with Crippen LogP contribution in [0.5, 0.6) is 0 Å². The van der Waals surface area contributed by atoms with Gasteiger partial charge in [-0.05, 0) is 148 Å². The van der Waals surface area contributed by atoms with E-state index in [2.05, 4.69) is 291 Å². The lowest BCUT2D eigenvalue weighted by atomic mass is 9.73. The molecule has 0 spiro atoms. The van der Waals surface area contributed by atoms with Crippen LogP contribution in [-0.4, -0.2) is 0 Å². The molecule has 334 valence electrons. The van der Waals surface area contributed by atoms with Crippen molar-refractivity contribution < 1.29 is 0 Å². The molecule has 0 saturated heterocycles. The molecule has 0 fully saturated rings. The monoisotopic (exact) mass is 903 g/mol. The molecule has 0 heterocycles. The van der Waals surface area contributed by atoms with Crippen LogP contribution >= 0.6 is 0 Å². The molecule has 0 saturated carbocycles. The molecule has 71 heavy (non-hydrogen) atoms. The number of fused-ring (bicyclic) bond motifs is 6. The van der Waals surface area contributed by atoms with E-state index >= 15 is 0 Å². The Hall–Kier alpha value is -9.04. The van der Waals surface area contributed by atoms with E-state index in [4.69, 9.17) is 0 Å². The van der Waals surface area contributed by atoms with E-state index in [0.29, 0.717) is 0 Å². The van der Waals surface area contributed by atoms with Gasteiger partial charge in [-0.15, -0.1) is 0 Å². The summed E-state index contributed by atoms with van der Waals surface area (Å²) in [5.41, 5.74) is 21.4. The molecular weight excluding hydrogens is 855 g/mol. The molecular formula is C70H49N. The second kappa shape index (κ2) is 17.5. The van der Waals surface area contributed by atoms with Gasteiger partial charge in [0.2, 0.25) is 0 Å². The summed E-state index contributed by atoms with van der Waals surface area (Å²) in [4.78, 5) is 2.50. The highest BCUT2D eigenvalue weighted by atomic mass is 15.1. The van der Waals surface area contributed by atoms with Crippen LogP contribution in [-0.2, 0) is 5.41 Å². The first-order valence-corrected chi connectivity index (χ1v) is 24.7. The van der Waals surface area contributed by atoms with Crippen molar-refractivity contribution in [2.75, 3.05) is 4.90 Å². The zero-order valence-electron chi connectivity index (χ0n) is 39.5. The Morgan fingerprint density at radius 2 is 0.775 bits per heavy atom. The summed E-state index contributed by atoms with van der Waals surface area (Å²) >= 11 is 0. The Balaban J connectivity index is 1.02. The lowest BCUT2D eigenvalue weighted by Crippen LogP contribution is -2.25. The van der Waals surface area contributed by atoms with Gasteiger partial charge in [-0.1, -0.05) is 243 Å². The fourth-order valence-electron chi connectivity index (χ4n) is 11.6. The zero-order valence-corrected chi connectivity index (χ0v) is 39.5. The SMILES string of the molecule is CC1(c2ccccc2)c2ccccc2-c2cccc(N(c3ccc(-c4ccc5c(c4)c(-c4ccccc4)c(-c4ccccc4)c4ccccc45)cc3)c3ccc(-c4ccccc4)c(-c4ccccc4)c3)c21. The van der Waals surface area contributed by atoms with Gasteiger partial charge in [-0.25, -0.2) is 0 Å². The Morgan fingerprint density at radius 1 is 0.282 bits per heavy atom. The Bertz CT molecular complexity index is 3900. The largest absolute Gasteiger partial charge is 0.310 e. The average Bonchev–Trinajstić information content (AvgIpc) is 3.73. The van der Waals surface area contributed by atoms with Gasteiger partial charge >= 0.3 is 0 Å². The smallest absolute Gasteiger partial charge is 0.0512 e. The highest BCUT2D eigenvalue weighted by Crippen LogP contribution is 2.57. The standard InChI is InChI=1S/C70H49N/c1-70(54-30-15-6-16-31-54)65-36-20-19-33-60(65)62-35-21-37-66(69(62)70)71(56-43-45-57(49-22-7-2-8-23-49)63(47-56)50-24-9-3-10-25-50)55-41-38-48(39-42-55)53-40-44-59-58-32-17-18-34-61(58)67(51-26-11-4-12-27-51)68(64(59)46-53)52-28-13-5-14-29-52/h2-47H,1H3. The second-order valence-corrected chi connectivity index (χ2v) is 18.9. The third-order valence-corrected chi connectivity index (χ3v) is 14.9. The molecule has 12 aromatic carbocycles. The van der Waals surface area contributed by atoms with Gasteiger partial charge in [-0.3, -0.25) is 0 Å². The minimum atomic E-state index is -0.418. The maximum absolute atomic E-state index is 2.50. The van der Waals surface area contributed by atoms with E-state index < -0.39 is 5.41 Å². The topological polar surface area (TPSA) is 3.24 Å². The van der Waals surface area contributed by atoms with Crippen LogP contribution in [0.4, 0.5) is 17.1 Å². The van der Waals surface area contributed by atoms with Crippen LogP contribution in [0.15, 0.2) is 279 Å². The van der Waals surface area contributed by atoms with Crippen LogP contribution in [0.2, 0.25) is 0 Å². The van der Waals surface area contributed by atoms with Crippen molar-refractivity contribution in [1.82, 2.24) is 0 Å². The third kappa shape index (κ3) is 7.08. The summed E-state index contributed by atoms with van der Waals surface area (Å²) in [7, 11) is 0. The second-order valence-electron chi connectivity index (χ2n) is 18.9. The molecule has 0 radical (unpaired) electrons. The van der Waals surface area contributed by atoms with Gasteiger partial charge in [0.05, 0.1) is 5.69 Å². The molecule has 13 rings (SSSR count). The van der Waals surface area contributed by atoms with E-state index in [1.165, 1.54) is 99.4 Å². The molecule has 0 aromatic heterocycles. The van der Waals surface area contributed by atoms with Crippen molar-refractivity contribution >= 4 is 38.6 Å². The Labute approximate surface area is 416 Å². The molecule has 12 aromatic rings. The fourth-order valence-corrected chi connectivity index (χ4v) is 11.6. The lowest BCUT2D eigenvalue weighted by molar-refractivity contribution is 0.714. The highest BCUT2D eigenvalue weighted by Gasteiger charge is 2.43. The van der Waals surface area contributed by atoms with E-state index in [1.54, 1.807) is 0 Å². The number of hydrogen-bond donors (Lipinski definition) is 0. The predicted octanol–water partition coefficient (Wildman–Crippen LogP) is 19.1. The number of anilines is 3. The van der Waals surface area contributed by atoms with Crippen LogP contribution < -0.4 is 4.90 Å². The molecule has 1 nitrogen and oxygen atoms in total. The minimum Gasteiger partial charge on any atom is -0.310 e. The first-order chi connectivity index (χ1) is 35.1. The summed E-state index contributed by atoms with van der Waals surface area (Å²) in [6.45, 7) is 2.42. The minimum absolute atomic E-state index is 0.418. The van der Waals surface area contributed by atoms with E-state index in [1.807, 2.05) is 0 Å². The van der Waals surface area contributed by atoms with Gasteiger partial charge in [0.1, 0.15) is 0 Å². The van der Waals surface area contributed by atoms with E-state index in [0.717, 1.165) is 22.6 Å². The summed E-state index contributed by atoms with van der Waals surface area (Å²) < 4.78 is 0. The molecule has 0 amide bonds. The first-order valence-electron chi connectivity index (χ1n) is 24.7.